The van der Waals surface area contributed by atoms with E-state index >= 15 is 0 Å². The third kappa shape index (κ3) is 6.00. The molecule has 0 radical (unpaired) electrons. The summed E-state index contributed by atoms with van der Waals surface area (Å²) < 4.78 is 5.81. The van der Waals surface area contributed by atoms with Gasteiger partial charge >= 0.3 is 5.97 Å². The van der Waals surface area contributed by atoms with E-state index in [4.69, 9.17) is 10.5 Å². The minimum atomic E-state index is -1.17. The Balaban J connectivity index is 1.63. The molecule has 4 aromatic carbocycles. The molecule has 1 unspecified atom stereocenters. The summed E-state index contributed by atoms with van der Waals surface area (Å²) in [6.45, 7) is 5.24. The second kappa shape index (κ2) is 14.1. The van der Waals surface area contributed by atoms with Crippen molar-refractivity contribution in [2.45, 2.75) is 37.3 Å². The van der Waals surface area contributed by atoms with Gasteiger partial charge < -0.3 is 20.5 Å². The van der Waals surface area contributed by atoms with Crippen molar-refractivity contribution in [2.75, 3.05) is 18.5 Å². The second-order valence-corrected chi connectivity index (χ2v) is 14.5. The van der Waals surface area contributed by atoms with Gasteiger partial charge in [0.25, 0.3) is 0 Å². The predicted octanol–water partition coefficient (Wildman–Crippen LogP) is 6.19. The number of Topliss-reactive ketones (excluding diaryl/α,β-unsaturated/α-hetero) is 1. The number of β-lactam (4-membered cyclic amide) rings is 1. The lowest BCUT2D eigenvalue weighted by Crippen LogP contribution is -2.65. The van der Waals surface area contributed by atoms with Crippen LogP contribution >= 0.6 is 7.92 Å². The quantitative estimate of drug-likeness (QED) is 0.0379. The second-order valence-electron chi connectivity index (χ2n) is 12.3. The maximum Gasteiger partial charge on any atom is 0.355 e. The number of benzene rings is 4. The normalized spacial score (nSPS) is 21.6. The molecule has 3 N–H and O–H groups in total. The lowest BCUT2D eigenvalue weighted by molar-refractivity contribution is -0.164. The van der Waals surface area contributed by atoms with Gasteiger partial charge in [-0.25, -0.2) is 4.79 Å². The van der Waals surface area contributed by atoms with Gasteiger partial charge in [-0.3, -0.25) is 9.59 Å². The van der Waals surface area contributed by atoms with Crippen LogP contribution in [-0.4, -0.2) is 52.6 Å². The molecule has 2 fully saturated rings. The van der Waals surface area contributed by atoms with Crippen molar-refractivity contribution in [3.05, 3.63) is 156 Å². The van der Waals surface area contributed by atoms with E-state index < -0.39 is 43.3 Å². The number of aliphatic hydroxyl groups is 1. The first-order chi connectivity index (χ1) is 23.3. The summed E-state index contributed by atoms with van der Waals surface area (Å²) >= 11 is 0. The molecule has 1 amide bonds. The van der Waals surface area contributed by atoms with Gasteiger partial charge in [0.15, 0.2) is 5.78 Å². The largest absolute Gasteiger partial charge is 0.457 e. The number of nitrogens with two attached hydrogens (primary N) is 1. The summed E-state index contributed by atoms with van der Waals surface area (Å²) in [7, 11) is -1.17. The third-order valence-electron chi connectivity index (χ3n) is 9.39. The molecule has 2 aliphatic rings. The van der Waals surface area contributed by atoms with E-state index in [0.29, 0.717) is 17.7 Å². The molecule has 0 spiro atoms. The van der Waals surface area contributed by atoms with Crippen molar-refractivity contribution in [2.24, 2.45) is 5.92 Å². The average Bonchev–Trinajstić information content (AvgIpc) is 3.51. The summed E-state index contributed by atoms with van der Waals surface area (Å²) in [6, 6.07) is 36.1. The van der Waals surface area contributed by atoms with Gasteiger partial charge in [0.2, 0.25) is 5.91 Å². The van der Waals surface area contributed by atoms with E-state index in [-0.39, 0.29) is 24.5 Å². The molecule has 0 aliphatic carbocycles. The standard InChI is InChI=1S/C40H39N2O5P/c1-3-24-47-39(46)36(42-33(35(27(2)43)38(42)45)26-34(44)28-19-21-31(41)22-20-28)37-40(29-13-7-4-8-14-29,30-15-9-5-10-16-30)23-25-48(37)32-17-11-6-12-18-32/h3-22,27,33,35,43H,1,23-26,41H2,2H3/t27-,33-,35-,48?/m1/s1. The number of ether oxygens (including phenoxy) is 1. The fourth-order valence-corrected chi connectivity index (χ4v) is 10.3. The predicted molar refractivity (Wildman–Crippen MR) is 190 cm³/mol. The highest BCUT2D eigenvalue weighted by atomic mass is 31.1. The van der Waals surface area contributed by atoms with Gasteiger partial charge in [0, 0.05) is 28.4 Å². The maximum absolute atomic E-state index is 14.5. The number of nitrogen functional groups attached to an aromatic ring is 1. The fraction of sp³-hybridized carbons (Fsp3) is 0.225. The summed E-state index contributed by atoms with van der Waals surface area (Å²) in [5.41, 5.74) is 8.19. The molecule has 6 rings (SSSR count). The Morgan fingerprint density at radius 2 is 1.52 bits per heavy atom. The van der Waals surface area contributed by atoms with Gasteiger partial charge in [-0.05, 0) is 68.1 Å². The molecule has 244 valence electrons. The van der Waals surface area contributed by atoms with E-state index in [1.54, 1.807) is 31.2 Å². The number of rotatable bonds is 11. The molecule has 2 aliphatic heterocycles. The number of ketones is 1. The van der Waals surface area contributed by atoms with Crippen molar-refractivity contribution < 1.29 is 24.2 Å². The number of esters is 1. The number of hydrogen-bond acceptors (Lipinski definition) is 6. The third-order valence-corrected chi connectivity index (χ3v) is 12.1. The van der Waals surface area contributed by atoms with Crippen LogP contribution in [0.3, 0.4) is 0 Å². The van der Waals surface area contributed by atoms with Crippen LogP contribution in [0.4, 0.5) is 5.69 Å². The smallest absolute Gasteiger partial charge is 0.355 e. The fourth-order valence-electron chi connectivity index (χ4n) is 7.19. The van der Waals surface area contributed by atoms with Crippen molar-refractivity contribution in [3.8, 4) is 0 Å². The molecule has 2 saturated heterocycles. The lowest BCUT2D eigenvalue weighted by atomic mass is 9.71. The van der Waals surface area contributed by atoms with E-state index in [9.17, 15) is 19.5 Å². The number of amides is 1. The molecule has 0 bridgehead atoms. The van der Waals surface area contributed by atoms with Gasteiger partial charge in [-0.15, -0.1) is 0 Å². The number of aliphatic hydroxyl groups excluding tert-OH is 1. The highest BCUT2D eigenvalue weighted by molar-refractivity contribution is 7.70. The Hall–Kier alpha value is -4.84. The van der Waals surface area contributed by atoms with Crippen LogP contribution in [0.5, 0.6) is 0 Å². The van der Waals surface area contributed by atoms with Crippen LogP contribution in [0.1, 0.15) is 41.3 Å². The molecule has 48 heavy (non-hydrogen) atoms. The molecule has 8 heteroatoms. The zero-order valence-corrected chi connectivity index (χ0v) is 27.8. The Bertz CT molecular complexity index is 1780. The molecule has 7 nitrogen and oxygen atoms in total. The molecule has 4 aromatic rings. The molecule has 4 atom stereocenters. The highest BCUT2D eigenvalue weighted by Gasteiger charge is 2.57. The summed E-state index contributed by atoms with van der Waals surface area (Å²) in [5, 5.41) is 12.7. The van der Waals surface area contributed by atoms with E-state index in [0.717, 1.165) is 27.9 Å². The molecule has 0 saturated carbocycles. The van der Waals surface area contributed by atoms with Crippen LogP contribution in [0.15, 0.2) is 139 Å². The van der Waals surface area contributed by atoms with Crippen molar-refractivity contribution in [1.29, 1.82) is 0 Å². The summed E-state index contributed by atoms with van der Waals surface area (Å²) in [5.74, 6) is -2.17. The molecule has 2 heterocycles. The van der Waals surface area contributed by atoms with Crippen molar-refractivity contribution in [3.63, 3.8) is 0 Å². The zero-order chi connectivity index (χ0) is 33.8. The molecular weight excluding hydrogens is 619 g/mol. The molecular formula is C40H39N2O5P. The lowest BCUT2D eigenvalue weighted by Gasteiger charge is -2.50. The monoisotopic (exact) mass is 658 g/mol. The number of nitrogens with zero attached hydrogens (tertiary/aromatic N) is 1. The van der Waals surface area contributed by atoms with Crippen LogP contribution in [0, 0.1) is 5.92 Å². The Morgan fingerprint density at radius 1 is 0.958 bits per heavy atom. The van der Waals surface area contributed by atoms with Gasteiger partial charge in [0.05, 0.1) is 18.1 Å². The Morgan fingerprint density at radius 3 is 2.06 bits per heavy atom. The number of allylic oxidation sites excluding steroid dienone is 1. The number of hydrogen-bond donors (Lipinski definition) is 2. The van der Waals surface area contributed by atoms with Gasteiger partial charge in [0.1, 0.15) is 12.3 Å². The number of carbonyl (C=O) groups excluding carboxylic acids is 3. The zero-order valence-electron chi connectivity index (χ0n) is 26.9. The number of likely N-dealkylation sites (tertiary alicyclic amines) is 1. The Kier molecular flexibility index (Phi) is 9.72. The number of anilines is 1. The minimum Gasteiger partial charge on any atom is -0.457 e. The summed E-state index contributed by atoms with van der Waals surface area (Å²) in [4.78, 5) is 44.0. The highest BCUT2D eigenvalue weighted by Crippen LogP contribution is 2.66. The summed E-state index contributed by atoms with van der Waals surface area (Å²) in [6.07, 6.45) is 1.80. The maximum atomic E-state index is 14.5. The average molecular weight is 659 g/mol. The van der Waals surface area contributed by atoms with Gasteiger partial charge in [-0.1, -0.05) is 104 Å². The van der Waals surface area contributed by atoms with E-state index in [2.05, 4.69) is 43.0 Å². The van der Waals surface area contributed by atoms with Gasteiger partial charge in [-0.2, -0.15) is 0 Å². The Labute approximate surface area is 282 Å². The topological polar surface area (TPSA) is 110 Å². The first-order valence-electron chi connectivity index (χ1n) is 16.1. The first kappa shape index (κ1) is 33.1. The minimum absolute atomic E-state index is 0.0561. The van der Waals surface area contributed by atoms with Crippen molar-refractivity contribution in [1.82, 2.24) is 4.90 Å². The SMILES string of the molecule is C=CCOC(=O)C(=C1P(c2ccccc2)CCC1(c1ccccc1)c1ccccc1)N1C(=O)[C@H]([C@@H](C)O)[C@H]1CC(=O)c1ccc(N)cc1. The van der Waals surface area contributed by atoms with Crippen LogP contribution in [0.25, 0.3) is 0 Å². The van der Waals surface area contributed by atoms with E-state index in [1.807, 2.05) is 54.6 Å². The van der Waals surface area contributed by atoms with Crippen LogP contribution in [-0.2, 0) is 19.7 Å². The van der Waals surface area contributed by atoms with E-state index in [1.165, 1.54) is 11.0 Å². The number of carbonyl (C=O) groups is 3. The molecule has 0 aromatic heterocycles. The van der Waals surface area contributed by atoms with Crippen LogP contribution < -0.4 is 11.0 Å². The van der Waals surface area contributed by atoms with Crippen molar-refractivity contribution >= 4 is 36.6 Å². The van der Waals surface area contributed by atoms with Crippen LogP contribution in [0.2, 0.25) is 0 Å². The first-order valence-corrected chi connectivity index (χ1v) is 17.7.